The molecule has 0 aromatic rings. The molecule has 92 valence electrons. The van der Waals surface area contributed by atoms with Crippen molar-refractivity contribution in [1.29, 1.82) is 0 Å². The molecule has 0 radical (unpaired) electrons. The summed E-state index contributed by atoms with van der Waals surface area (Å²) in [7, 11) is 1.42. The second kappa shape index (κ2) is 8.91. The molecule has 5 heteroatoms. The maximum atomic E-state index is 11.0. The van der Waals surface area contributed by atoms with Gasteiger partial charge < -0.3 is 14.2 Å². The Bertz CT molecular complexity index is 247. The van der Waals surface area contributed by atoms with Crippen molar-refractivity contribution in [2.45, 2.75) is 33.0 Å². The van der Waals surface area contributed by atoms with E-state index in [4.69, 9.17) is 14.2 Å². The van der Waals surface area contributed by atoms with Crippen LogP contribution in [0.1, 0.15) is 26.7 Å². The molecule has 0 spiro atoms. The van der Waals surface area contributed by atoms with Gasteiger partial charge in [-0.05, 0) is 13.3 Å². The zero-order chi connectivity index (χ0) is 12.4. The summed E-state index contributed by atoms with van der Waals surface area (Å²) in [6.45, 7) is 3.93. The first kappa shape index (κ1) is 14.6. The Morgan fingerprint density at radius 2 is 1.88 bits per heavy atom. The summed E-state index contributed by atoms with van der Waals surface area (Å²) in [4.78, 5) is 22.1. The fourth-order valence-electron chi connectivity index (χ4n) is 0.752. The van der Waals surface area contributed by atoms with Crippen LogP contribution in [0.25, 0.3) is 0 Å². The van der Waals surface area contributed by atoms with Crippen molar-refractivity contribution in [2.24, 2.45) is 0 Å². The van der Waals surface area contributed by atoms with Gasteiger partial charge in [-0.3, -0.25) is 0 Å². The molecule has 0 aliphatic carbocycles. The molecule has 0 aromatic carbocycles. The lowest BCUT2D eigenvalue weighted by atomic mass is 10.4. The molecule has 0 rings (SSSR count). The first-order valence-electron chi connectivity index (χ1n) is 5.18. The number of carbonyl (C=O) groups is 2. The third-order valence-electron chi connectivity index (χ3n) is 1.71. The van der Waals surface area contributed by atoms with E-state index in [2.05, 4.69) is 0 Å². The van der Waals surface area contributed by atoms with Crippen LogP contribution < -0.4 is 0 Å². The molecule has 0 heterocycles. The number of methoxy groups -OCH3 is 1. The first-order chi connectivity index (χ1) is 7.60. The van der Waals surface area contributed by atoms with Gasteiger partial charge in [-0.2, -0.15) is 0 Å². The molecule has 0 aliphatic rings. The Labute approximate surface area is 95.4 Å². The Balaban J connectivity index is 3.80. The Hall–Kier alpha value is -1.36. The fourth-order valence-corrected chi connectivity index (χ4v) is 0.752. The molecule has 0 N–H and O–H groups in total. The maximum Gasteiger partial charge on any atom is 0.333 e. The van der Waals surface area contributed by atoms with Gasteiger partial charge in [0.25, 0.3) is 0 Å². The van der Waals surface area contributed by atoms with Gasteiger partial charge in [0.1, 0.15) is 0 Å². The number of hydrogen-bond acceptors (Lipinski definition) is 5. The van der Waals surface area contributed by atoms with Crippen LogP contribution in [-0.4, -0.2) is 31.9 Å². The molecule has 16 heavy (non-hydrogen) atoms. The van der Waals surface area contributed by atoms with E-state index in [-0.39, 0.29) is 0 Å². The van der Waals surface area contributed by atoms with Crippen LogP contribution in [0.5, 0.6) is 0 Å². The van der Waals surface area contributed by atoms with Gasteiger partial charge in [0.15, 0.2) is 6.29 Å². The lowest BCUT2D eigenvalue weighted by Gasteiger charge is -2.08. The zero-order valence-corrected chi connectivity index (χ0v) is 9.89. The Morgan fingerprint density at radius 3 is 2.44 bits per heavy atom. The number of rotatable bonds is 7. The average Bonchev–Trinajstić information content (AvgIpc) is 2.26. The quantitative estimate of drug-likeness (QED) is 0.286. The summed E-state index contributed by atoms with van der Waals surface area (Å²) in [5, 5.41) is 0. The summed E-state index contributed by atoms with van der Waals surface area (Å²) in [6.07, 6.45) is 3.19. The molecular formula is C11H18O5. The number of carbonyl (C=O) groups excluding carboxylic acids is 2. The minimum atomic E-state index is -0.637. The lowest BCUT2D eigenvalue weighted by molar-refractivity contribution is -0.163. The van der Waals surface area contributed by atoms with Crippen molar-refractivity contribution in [1.82, 2.24) is 0 Å². The Morgan fingerprint density at radius 1 is 1.25 bits per heavy atom. The van der Waals surface area contributed by atoms with Crippen LogP contribution in [0, 0.1) is 0 Å². The van der Waals surface area contributed by atoms with E-state index >= 15 is 0 Å². The van der Waals surface area contributed by atoms with E-state index in [1.807, 2.05) is 6.92 Å². The van der Waals surface area contributed by atoms with Crippen LogP contribution in [-0.2, 0) is 23.8 Å². The second-order valence-electron chi connectivity index (χ2n) is 3.09. The van der Waals surface area contributed by atoms with Crippen molar-refractivity contribution in [3.05, 3.63) is 12.2 Å². The summed E-state index contributed by atoms with van der Waals surface area (Å²) in [5.41, 5.74) is 0. The van der Waals surface area contributed by atoms with Crippen molar-refractivity contribution in [2.75, 3.05) is 13.7 Å². The normalized spacial score (nSPS) is 12.4. The SMILES string of the molecule is CCCCOC(=O)/C=C\C(=O)OC(C)OC. The largest absolute Gasteiger partial charge is 0.463 e. The molecule has 0 fully saturated rings. The van der Waals surface area contributed by atoms with Gasteiger partial charge in [-0.1, -0.05) is 13.3 Å². The van der Waals surface area contributed by atoms with E-state index in [0.29, 0.717) is 6.61 Å². The van der Waals surface area contributed by atoms with Crippen molar-refractivity contribution < 1.29 is 23.8 Å². The standard InChI is InChI=1S/C11H18O5/c1-4-5-8-15-10(12)6-7-11(13)16-9(2)14-3/h6-7,9H,4-5,8H2,1-3H3/b7-6-. The number of hydrogen-bond donors (Lipinski definition) is 0. The van der Waals surface area contributed by atoms with Gasteiger partial charge in [0.2, 0.25) is 0 Å². The lowest BCUT2D eigenvalue weighted by Crippen LogP contribution is -2.15. The van der Waals surface area contributed by atoms with E-state index < -0.39 is 18.2 Å². The summed E-state index contributed by atoms with van der Waals surface area (Å²) in [5.74, 6) is -1.18. The van der Waals surface area contributed by atoms with Crippen LogP contribution in [0.15, 0.2) is 12.2 Å². The average molecular weight is 230 g/mol. The second-order valence-corrected chi connectivity index (χ2v) is 3.09. The number of esters is 2. The minimum Gasteiger partial charge on any atom is -0.463 e. The highest BCUT2D eigenvalue weighted by atomic mass is 16.7. The van der Waals surface area contributed by atoms with Crippen LogP contribution in [0.2, 0.25) is 0 Å². The highest BCUT2D eigenvalue weighted by Gasteiger charge is 2.05. The van der Waals surface area contributed by atoms with Gasteiger partial charge in [-0.25, -0.2) is 9.59 Å². The van der Waals surface area contributed by atoms with E-state index in [1.165, 1.54) is 7.11 Å². The van der Waals surface area contributed by atoms with E-state index in [0.717, 1.165) is 25.0 Å². The molecule has 0 saturated carbocycles. The Kier molecular flexibility index (Phi) is 8.15. The number of unbranched alkanes of at least 4 members (excludes halogenated alkanes) is 1. The molecule has 0 amide bonds. The third-order valence-corrected chi connectivity index (χ3v) is 1.71. The van der Waals surface area contributed by atoms with Gasteiger partial charge >= 0.3 is 11.9 Å². The van der Waals surface area contributed by atoms with Crippen molar-refractivity contribution in [3.8, 4) is 0 Å². The van der Waals surface area contributed by atoms with Crippen molar-refractivity contribution >= 4 is 11.9 Å². The summed E-state index contributed by atoms with van der Waals surface area (Å²) in [6, 6.07) is 0. The summed E-state index contributed by atoms with van der Waals surface area (Å²) >= 11 is 0. The summed E-state index contributed by atoms with van der Waals surface area (Å²) < 4.78 is 14.2. The smallest absolute Gasteiger partial charge is 0.333 e. The van der Waals surface area contributed by atoms with Crippen LogP contribution >= 0.6 is 0 Å². The predicted molar refractivity (Wildman–Crippen MR) is 57.6 cm³/mol. The predicted octanol–water partition coefficient (Wildman–Crippen LogP) is 1.42. The zero-order valence-electron chi connectivity index (χ0n) is 9.89. The molecule has 0 saturated heterocycles. The molecule has 1 unspecified atom stereocenters. The maximum absolute atomic E-state index is 11.0. The topological polar surface area (TPSA) is 61.8 Å². The molecule has 0 bridgehead atoms. The fraction of sp³-hybridized carbons (Fsp3) is 0.636. The molecule has 1 atom stereocenters. The van der Waals surface area contributed by atoms with E-state index in [9.17, 15) is 9.59 Å². The number of ether oxygens (including phenoxy) is 3. The van der Waals surface area contributed by atoms with Crippen molar-refractivity contribution in [3.63, 3.8) is 0 Å². The van der Waals surface area contributed by atoms with Gasteiger partial charge in [0, 0.05) is 19.3 Å². The van der Waals surface area contributed by atoms with Gasteiger partial charge in [-0.15, -0.1) is 0 Å². The van der Waals surface area contributed by atoms with E-state index in [1.54, 1.807) is 6.92 Å². The molecule has 0 aromatic heterocycles. The molecular weight excluding hydrogens is 212 g/mol. The minimum absolute atomic E-state index is 0.364. The molecule has 5 nitrogen and oxygen atoms in total. The van der Waals surface area contributed by atoms with Crippen LogP contribution in [0.4, 0.5) is 0 Å². The first-order valence-corrected chi connectivity index (χ1v) is 5.18. The highest BCUT2D eigenvalue weighted by molar-refractivity contribution is 5.91. The highest BCUT2D eigenvalue weighted by Crippen LogP contribution is 1.94. The molecule has 0 aliphatic heterocycles. The van der Waals surface area contributed by atoms with Gasteiger partial charge in [0.05, 0.1) is 6.61 Å². The van der Waals surface area contributed by atoms with Crippen LogP contribution in [0.3, 0.4) is 0 Å². The third kappa shape index (κ3) is 7.99. The monoisotopic (exact) mass is 230 g/mol.